The maximum absolute atomic E-state index is 13.6. The molecule has 1 amide bonds. The van der Waals surface area contributed by atoms with Crippen molar-refractivity contribution in [1.29, 1.82) is 0 Å². The number of aromatic nitrogens is 3. The summed E-state index contributed by atoms with van der Waals surface area (Å²) >= 11 is 4.48. The van der Waals surface area contributed by atoms with E-state index < -0.39 is 11.5 Å². The fourth-order valence-electron chi connectivity index (χ4n) is 4.22. The van der Waals surface area contributed by atoms with Gasteiger partial charge in [0.15, 0.2) is 5.60 Å². The number of nitrogens with zero attached hydrogens (tertiary/aromatic N) is 4. The Kier molecular flexibility index (Phi) is 8.05. The van der Waals surface area contributed by atoms with Crippen LogP contribution in [0.1, 0.15) is 30.2 Å². The van der Waals surface area contributed by atoms with E-state index in [9.17, 15) is 9.90 Å². The molecule has 34 heavy (non-hydrogen) atoms. The van der Waals surface area contributed by atoms with E-state index in [1.54, 1.807) is 9.58 Å². The highest BCUT2D eigenvalue weighted by molar-refractivity contribution is 14.1. The zero-order valence-corrected chi connectivity index (χ0v) is 23.0. The molecule has 2 aromatic carbocycles. The third-order valence-electron chi connectivity index (χ3n) is 6.02. The lowest BCUT2D eigenvalue weighted by molar-refractivity contribution is -0.139. The first-order chi connectivity index (χ1) is 16.3. The van der Waals surface area contributed by atoms with Crippen LogP contribution < -0.4 is 4.90 Å². The number of halogens is 2. The number of hydrogen-bond donors (Lipinski definition) is 2. The van der Waals surface area contributed by atoms with Crippen LogP contribution in [0.4, 0.5) is 5.69 Å². The van der Waals surface area contributed by atoms with Crippen molar-refractivity contribution >= 4 is 56.8 Å². The van der Waals surface area contributed by atoms with E-state index in [4.69, 9.17) is 5.11 Å². The third kappa shape index (κ3) is 5.21. The topological polar surface area (TPSA) is 91.5 Å². The van der Waals surface area contributed by atoms with Crippen LogP contribution in [-0.2, 0) is 29.9 Å². The molecule has 0 saturated heterocycles. The van der Waals surface area contributed by atoms with Gasteiger partial charge in [-0.1, -0.05) is 36.4 Å². The van der Waals surface area contributed by atoms with E-state index >= 15 is 0 Å². The molecule has 7 nitrogen and oxygen atoms in total. The minimum Gasteiger partial charge on any atom is -0.396 e. The fourth-order valence-corrected chi connectivity index (χ4v) is 5.32. The van der Waals surface area contributed by atoms with Gasteiger partial charge in [0.2, 0.25) is 0 Å². The van der Waals surface area contributed by atoms with Gasteiger partial charge < -0.3 is 15.1 Å². The van der Waals surface area contributed by atoms with E-state index in [-0.39, 0.29) is 12.5 Å². The minimum atomic E-state index is -1.63. The van der Waals surface area contributed by atoms with Crippen LogP contribution in [0, 0.1) is 13.1 Å². The van der Waals surface area contributed by atoms with Gasteiger partial charge in [-0.25, -0.2) is 0 Å². The average Bonchev–Trinajstić information content (AvgIpc) is 3.34. The quantitative estimate of drug-likeness (QED) is 0.263. The SMILES string of the molecule is C[C@@H](/C=C/CCn1cc(CCO)nn1)[C@]1(O)C(=O)N(Cc2cccc(I)c2)c2ccc(I)cc21. The molecule has 0 aliphatic carbocycles. The monoisotopic (exact) mass is 684 g/mol. The molecule has 0 radical (unpaired) electrons. The predicted octanol–water partition coefficient (Wildman–Crippen LogP) is 4.04. The highest BCUT2D eigenvalue weighted by Crippen LogP contribution is 2.46. The number of benzene rings is 2. The zero-order valence-electron chi connectivity index (χ0n) is 18.7. The lowest BCUT2D eigenvalue weighted by atomic mass is 9.83. The molecular formula is C25H26I2N4O3. The summed E-state index contributed by atoms with van der Waals surface area (Å²) in [6.45, 7) is 2.96. The molecular weight excluding hydrogens is 658 g/mol. The molecule has 0 unspecified atom stereocenters. The van der Waals surface area contributed by atoms with Gasteiger partial charge in [-0.2, -0.15) is 0 Å². The average molecular weight is 684 g/mol. The standard InChI is InChI=1S/C25H26I2N4O3/c1-17(5-2-3-11-30-16-21(10-12-32)28-29-30)25(34)22-14-20(27)8-9-23(22)31(24(25)33)15-18-6-4-7-19(26)13-18/h2,4-9,13-14,16-17,32,34H,3,10-12,15H2,1H3/b5-2+/t17-,25+/m0/s1. The maximum atomic E-state index is 13.6. The molecule has 9 heteroatoms. The Labute approximate surface area is 226 Å². The second-order valence-corrected chi connectivity index (χ2v) is 10.9. The highest BCUT2D eigenvalue weighted by Gasteiger charge is 2.52. The van der Waals surface area contributed by atoms with Crippen molar-refractivity contribution in [2.75, 3.05) is 11.5 Å². The second kappa shape index (κ2) is 10.8. The first-order valence-corrected chi connectivity index (χ1v) is 13.2. The van der Waals surface area contributed by atoms with E-state index in [2.05, 4.69) is 61.6 Å². The fraction of sp³-hybridized carbons (Fsp3) is 0.320. The van der Waals surface area contributed by atoms with E-state index in [0.29, 0.717) is 31.5 Å². The number of carbonyl (C=O) groups is 1. The van der Waals surface area contributed by atoms with Crippen molar-refractivity contribution in [2.45, 2.75) is 38.5 Å². The number of carbonyl (C=O) groups excluding carboxylic acids is 1. The largest absolute Gasteiger partial charge is 0.396 e. The Morgan fingerprint density at radius 2 is 1.97 bits per heavy atom. The summed E-state index contributed by atoms with van der Waals surface area (Å²) in [4.78, 5) is 15.3. The molecule has 0 saturated carbocycles. The molecule has 2 heterocycles. The van der Waals surface area contributed by atoms with Crippen LogP contribution in [0.15, 0.2) is 60.8 Å². The van der Waals surface area contributed by atoms with Crippen LogP contribution in [0.25, 0.3) is 0 Å². The summed E-state index contributed by atoms with van der Waals surface area (Å²) in [5.41, 5.74) is 1.55. The van der Waals surface area contributed by atoms with Gasteiger partial charge in [-0.15, -0.1) is 5.10 Å². The van der Waals surface area contributed by atoms with Crippen molar-refractivity contribution in [3.05, 3.63) is 84.8 Å². The Balaban J connectivity index is 1.53. The Bertz CT molecular complexity index is 1210. The first-order valence-electron chi connectivity index (χ1n) is 11.1. The Hall–Kier alpha value is -1.83. The minimum absolute atomic E-state index is 0.0453. The summed E-state index contributed by atoms with van der Waals surface area (Å²) in [7, 11) is 0. The summed E-state index contributed by atoms with van der Waals surface area (Å²) < 4.78 is 3.81. The van der Waals surface area contributed by atoms with Crippen LogP contribution in [0.3, 0.4) is 0 Å². The molecule has 1 aromatic heterocycles. The van der Waals surface area contributed by atoms with Crippen molar-refractivity contribution in [3.8, 4) is 0 Å². The molecule has 1 aliphatic rings. The molecule has 2 atom stereocenters. The molecule has 4 rings (SSSR count). The second-order valence-electron chi connectivity index (χ2n) is 8.40. The van der Waals surface area contributed by atoms with Gasteiger partial charge in [0, 0.05) is 44.4 Å². The third-order valence-corrected chi connectivity index (χ3v) is 7.37. The molecule has 3 aromatic rings. The van der Waals surface area contributed by atoms with Gasteiger partial charge in [0.1, 0.15) is 0 Å². The van der Waals surface area contributed by atoms with Crippen molar-refractivity contribution in [1.82, 2.24) is 15.0 Å². The predicted molar refractivity (Wildman–Crippen MR) is 147 cm³/mol. The summed E-state index contributed by atoms with van der Waals surface area (Å²) in [6.07, 6.45) is 6.87. The van der Waals surface area contributed by atoms with Crippen molar-refractivity contribution in [2.24, 2.45) is 5.92 Å². The maximum Gasteiger partial charge on any atom is 0.264 e. The lowest BCUT2D eigenvalue weighted by Gasteiger charge is -2.27. The molecule has 0 bridgehead atoms. The molecule has 2 N–H and O–H groups in total. The van der Waals surface area contributed by atoms with Gasteiger partial charge in [-0.3, -0.25) is 9.48 Å². The van der Waals surface area contributed by atoms with Gasteiger partial charge >= 0.3 is 0 Å². The van der Waals surface area contributed by atoms with E-state index in [1.165, 1.54) is 0 Å². The number of aryl methyl sites for hydroxylation is 1. The molecule has 0 spiro atoms. The number of anilines is 1. The zero-order chi connectivity index (χ0) is 24.3. The van der Waals surface area contributed by atoms with Gasteiger partial charge in [0.25, 0.3) is 5.91 Å². The molecule has 178 valence electrons. The van der Waals surface area contributed by atoms with Crippen LogP contribution in [0.5, 0.6) is 0 Å². The summed E-state index contributed by atoms with van der Waals surface area (Å²) in [5, 5.41) is 28.9. The summed E-state index contributed by atoms with van der Waals surface area (Å²) in [5.74, 6) is -0.719. The normalized spacial score (nSPS) is 18.6. The number of allylic oxidation sites excluding steroid dienone is 1. The van der Waals surface area contributed by atoms with E-state index in [1.807, 2.05) is 61.7 Å². The summed E-state index contributed by atoms with van der Waals surface area (Å²) in [6, 6.07) is 13.8. The Morgan fingerprint density at radius 3 is 2.74 bits per heavy atom. The van der Waals surface area contributed by atoms with Crippen molar-refractivity contribution in [3.63, 3.8) is 0 Å². The Morgan fingerprint density at radius 1 is 1.18 bits per heavy atom. The molecule has 0 fully saturated rings. The number of amides is 1. The number of hydrogen-bond acceptors (Lipinski definition) is 5. The highest BCUT2D eigenvalue weighted by atomic mass is 127. The van der Waals surface area contributed by atoms with Crippen LogP contribution in [-0.4, -0.2) is 37.7 Å². The number of aliphatic hydroxyl groups is 2. The smallest absolute Gasteiger partial charge is 0.264 e. The van der Waals surface area contributed by atoms with Gasteiger partial charge in [-0.05, 0) is 87.5 Å². The van der Waals surface area contributed by atoms with Crippen LogP contribution in [0.2, 0.25) is 0 Å². The number of rotatable bonds is 9. The van der Waals surface area contributed by atoms with Gasteiger partial charge in [0.05, 0.1) is 17.9 Å². The van der Waals surface area contributed by atoms with Crippen molar-refractivity contribution < 1.29 is 15.0 Å². The first kappa shape index (κ1) is 25.3. The number of fused-ring (bicyclic) bond motifs is 1. The molecule has 1 aliphatic heterocycles. The lowest BCUT2D eigenvalue weighted by Crippen LogP contribution is -2.44. The van der Waals surface area contributed by atoms with E-state index in [0.717, 1.165) is 24.1 Å². The number of aliphatic hydroxyl groups excluding tert-OH is 1. The van der Waals surface area contributed by atoms with Crippen LogP contribution >= 0.6 is 45.2 Å².